The molecular formula is C22H26ClN3O3S. The van der Waals surface area contributed by atoms with Crippen molar-refractivity contribution in [1.29, 1.82) is 0 Å². The highest BCUT2D eigenvalue weighted by molar-refractivity contribution is 7.89. The minimum Gasteiger partial charge on any atom is -0.326 e. The minimum absolute atomic E-state index is 0. The Labute approximate surface area is 183 Å². The average molecular weight is 448 g/mol. The Kier molecular flexibility index (Phi) is 5.66. The van der Waals surface area contributed by atoms with E-state index in [0.29, 0.717) is 30.2 Å². The molecule has 3 aliphatic rings. The van der Waals surface area contributed by atoms with Crippen molar-refractivity contribution in [2.45, 2.75) is 30.7 Å². The van der Waals surface area contributed by atoms with Crippen LogP contribution < -0.4 is 10.6 Å². The van der Waals surface area contributed by atoms with Crippen LogP contribution in [0.3, 0.4) is 0 Å². The number of halogens is 1. The summed E-state index contributed by atoms with van der Waals surface area (Å²) in [7, 11) is -3.65. The lowest BCUT2D eigenvalue weighted by Gasteiger charge is -2.29. The van der Waals surface area contributed by atoms with Gasteiger partial charge in [-0.3, -0.25) is 4.79 Å². The molecule has 5 rings (SSSR count). The summed E-state index contributed by atoms with van der Waals surface area (Å²) >= 11 is 0. The van der Waals surface area contributed by atoms with Crippen LogP contribution in [0.4, 0.5) is 5.69 Å². The van der Waals surface area contributed by atoms with E-state index < -0.39 is 10.0 Å². The molecule has 0 aliphatic carbocycles. The van der Waals surface area contributed by atoms with E-state index in [1.165, 1.54) is 0 Å². The number of hydrogen-bond donors (Lipinski definition) is 2. The molecule has 1 amide bonds. The Morgan fingerprint density at radius 3 is 2.67 bits per heavy atom. The van der Waals surface area contributed by atoms with Gasteiger partial charge in [0.2, 0.25) is 15.9 Å². The Morgan fingerprint density at radius 1 is 1.07 bits per heavy atom. The Balaban J connectivity index is 0.00000218. The van der Waals surface area contributed by atoms with Crippen LogP contribution in [0.2, 0.25) is 0 Å². The van der Waals surface area contributed by atoms with Gasteiger partial charge in [-0.2, -0.15) is 4.31 Å². The summed E-state index contributed by atoms with van der Waals surface area (Å²) < 4.78 is 29.2. The third kappa shape index (κ3) is 3.43. The molecule has 2 N–H and O–H groups in total. The zero-order valence-corrected chi connectivity index (χ0v) is 18.4. The van der Waals surface area contributed by atoms with Crippen LogP contribution in [-0.4, -0.2) is 38.3 Å². The molecule has 0 aromatic heterocycles. The summed E-state index contributed by atoms with van der Waals surface area (Å²) in [4.78, 5) is 11.9. The van der Waals surface area contributed by atoms with Gasteiger partial charge in [-0.05, 0) is 66.6 Å². The molecular weight excluding hydrogens is 422 g/mol. The lowest BCUT2D eigenvalue weighted by atomic mass is 9.88. The van der Waals surface area contributed by atoms with Crippen molar-refractivity contribution < 1.29 is 13.2 Å². The van der Waals surface area contributed by atoms with Crippen molar-refractivity contribution >= 4 is 34.0 Å². The van der Waals surface area contributed by atoms with Crippen LogP contribution in [0.25, 0.3) is 0 Å². The topological polar surface area (TPSA) is 78.5 Å². The quantitative estimate of drug-likeness (QED) is 0.758. The van der Waals surface area contributed by atoms with Gasteiger partial charge in [0.15, 0.2) is 0 Å². The molecule has 0 bridgehead atoms. The molecule has 2 aromatic rings. The van der Waals surface area contributed by atoms with Crippen molar-refractivity contribution in [3.05, 3.63) is 59.2 Å². The smallest absolute Gasteiger partial charge is 0.243 e. The van der Waals surface area contributed by atoms with Gasteiger partial charge in [0.1, 0.15) is 0 Å². The normalized spacial score (nSPS) is 25.9. The number of benzene rings is 2. The molecule has 0 unspecified atom stereocenters. The first-order chi connectivity index (χ1) is 13.9. The fourth-order valence-electron chi connectivity index (χ4n) is 5.09. The van der Waals surface area contributed by atoms with Gasteiger partial charge in [0, 0.05) is 25.2 Å². The lowest BCUT2D eigenvalue weighted by molar-refractivity contribution is -0.116. The van der Waals surface area contributed by atoms with E-state index in [9.17, 15) is 13.2 Å². The van der Waals surface area contributed by atoms with E-state index in [2.05, 4.69) is 29.7 Å². The van der Waals surface area contributed by atoms with Crippen molar-refractivity contribution in [1.82, 2.24) is 9.62 Å². The van der Waals surface area contributed by atoms with E-state index in [1.807, 2.05) is 12.1 Å². The highest BCUT2D eigenvalue weighted by Gasteiger charge is 2.50. The molecule has 3 atom stereocenters. The molecule has 2 saturated heterocycles. The Bertz CT molecular complexity index is 1090. The lowest BCUT2D eigenvalue weighted by Crippen LogP contribution is -2.35. The fourth-order valence-corrected chi connectivity index (χ4v) is 6.85. The van der Waals surface area contributed by atoms with Crippen molar-refractivity contribution in [2.75, 3.05) is 25.0 Å². The number of amides is 1. The molecule has 0 radical (unpaired) electrons. The highest BCUT2D eigenvalue weighted by atomic mass is 35.5. The summed E-state index contributed by atoms with van der Waals surface area (Å²) in [6.07, 6.45) is 0.961. The number of hydrogen-bond acceptors (Lipinski definition) is 4. The summed E-state index contributed by atoms with van der Waals surface area (Å²) in [5.74, 6) is 0.585. The SMILES string of the molecule is Cc1ccccc1[C@@H]1[C@H]2CNC[C@H]2CN1S(=O)(=O)c1ccc2c(c1)CCC(=O)N2.Cl. The average Bonchev–Trinajstić information content (AvgIpc) is 3.30. The number of nitrogens with one attached hydrogen (secondary N) is 2. The predicted molar refractivity (Wildman–Crippen MR) is 118 cm³/mol. The van der Waals surface area contributed by atoms with E-state index >= 15 is 0 Å². The van der Waals surface area contributed by atoms with Crippen LogP contribution in [0.15, 0.2) is 47.4 Å². The van der Waals surface area contributed by atoms with Gasteiger partial charge in [0.05, 0.1) is 10.9 Å². The molecule has 6 nitrogen and oxygen atoms in total. The number of anilines is 1. The maximum atomic E-state index is 13.7. The van der Waals surface area contributed by atoms with Crippen molar-refractivity contribution in [3.63, 3.8) is 0 Å². The number of fused-ring (bicyclic) bond motifs is 2. The van der Waals surface area contributed by atoms with Crippen LogP contribution in [0.5, 0.6) is 0 Å². The van der Waals surface area contributed by atoms with E-state index in [-0.39, 0.29) is 30.3 Å². The summed E-state index contributed by atoms with van der Waals surface area (Å²) in [6.45, 7) is 4.28. The van der Waals surface area contributed by atoms with Gasteiger partial charge in [0.25, 0.3) is 0 Å². The number of carbonyl (C=O) groups excluding carboxylic acids is 1. The van der Waals surface area contributed by atoms with Crippen molar-refractivity contribution in [2.24, 2.45) is 11.8 Å². The van der Waals surface area contributed by atoms with E-state index in [0.717, 1.165) is 35.5 Å². The van der Waals surface area contributed by atoms with Gasteiger partial charge < -0.3 is 10.6 Å². The second-order valence-electron chi connectivity index (χ2n) is 8.33. The van der Waals surface area contributed by atoms with Crippen LogP contribution in [-0.2, 0) is 21.2 Å². The van der Waals surface area contributed by atoms with Gasteiger partial charge in [-0.1, -0.05) is 24.3 Å². The maximum absolute atomic E-state index is 13.7. The molecule has 0 saturated carbocycles. The first kappa shape index (κ1) is 21.3. The number of carbonyl (C=O) groups is 1. The molecule has 160 valence electrons. The molecule has 8 heteroatoms. The second kappa shape index (κ2) is 7.96. The third-order valence-electron chi connectivity index (χ3n) is 6.61. The summed E-state index contributed by atoms with van der Waals surface area (Å²) in [5, 5.41) is 6.27. The monoisotopic (exact) mass is 447 g/mol. The number of aryl methyl sites for hydroxylation is 2. The largest absolute Gasteiger partial charge is 0.326 e. The molecule has 2 aromatic carbocycles. The highest BCUT2D eigenvalue weighted by Crippen LogP contribution is 2.46. The summed E-state index contributed by atoms with van der Waals surface area (Å²) in [5.41, 5.74) is 3.83. The van der Waals surface area contributed by atoms with Crippen LogP contribution in [0, 0.1) is 18.8 Å². The second-order valence-corrected chi connectivity index (χ2v) is 10.2. The van der Waals surface area contributed by atoms with Crippen LogP contribution >= 0.6 is 12.4 Å². The van der Waals surface area contributed by atoms with Crippen LogP contribution in [0.1, 0.15) is 29.2 Å². The minimum atomic E-state index is -3.65. The van der Waals surface area contributed by atoms with Gasteiger partial charge in [-0.15, -0.1) is 12.4 Å². The first-order valence-corrected chi connectivity index (χ1v) is 11.6. The van der Waals surface area contributed by atoms with E-state index in [1.54, 1.807) is 22.5 Å². The fraction of sp³-hybridized carbons (Fsp3) is 0.409. The molecule has 3 aliphatic heterocycles. The zero-order valence-electron chi connectivity index (χ0n) is 16.8. The molecule has 3 heterocycles. The van der Waals surface area contributed by atoms with Crippen molar-refractivity contribution in [3.8, 4) is 0 Å². The number of nitrogens with zero attached hydrogens (tertiary/aromatic N) is 1. The Hall–Kier alpha value is -1.93. The van der Waals surface area contributed by atoms with Gasteiger partial charge in [-0.25, -0.2) is 8.42 Å². The van der Waals surface area contributed by atoms with E-state index in [4.69, 9.17) is 0 Å². The standard InChI is InChI=1S/C22H25N3O3S.ClH/c1-14-4-2-3-5-18(14)22-19-12-23-11-16(19)13-25(22)29(27,28)17-7-8-20-15(10-17)6-9-21(26)24-20;/h2-5,7-8,10,16,19,22-23H,6,9,11-13H2,1H3,(H,24,26);1H/t16-,19-,22+;/m0./s1. The Morgan fingerprint density at radius 2 is 1.87 bits per heavy atom. The number of rotatable bonds is 3. The molecule has 0 spiro atoms. The third-order valence-corrected chi connectivity index (χ3v) is 8.45. The van der Waals surface area contributed by atoms with Gasteiger partial charge >= 0.3 is 0 Å². The molecule has 30 heavy (non-hydrogen) atoms. The maximum Gasteiger partial charge on any atom is 0.243 e. The first-order valence-electron chi connectivity index (χ1n) is 10.2. The predicted octanol–water partition coefficient (Wildman–Crippen LogP) is 2.88. The number of sulfonamides is 1. The summed E-state index contributed by atoms with van der Waals surface area (Å²) in [6, 6.07) is 13.0. The molecule has 2 fully saturated rings. The zero-order chi connectivity index (χ0) is 20.2.